The van der Waals surface area contributed by atoms with Crippen molar-refractivity contribution in [1.82, 2.24) is 9.88 Å². The van der Waals surface area contributed by atoms with Gasteiger partial charge in [-0.25, -0.2) is 18.6 Å². The summed E-state index contributed by atoms with van der Waals surface area (Å²) < 4.78 is 31.8. The minimum absolute atomic E-state index is 0.0739. The number of ether oxygens (including phenoxy) is 1. The quantitative estimate of drug-likeness (QED) is 0.772. The summed E-state index contributed by atoms with van der Waals surface area (Å²) in [6, 6.07) is 7.24. The molecule has 0 atom stereocenters. The van der Waals surface area contributed by atoms with Crippen LogP contribution in [0.25, 0.3) is 0 Å². The predicted octanol–water partition coefficient (Wildman–Crippen LogP) is 2.50. The van der Waals surface area contributed by atoms with E-state index in [0.717, 1.165) is 18.9 Å². The smallest absolute Gasteiger partial charge is 0.324 e. The van der Waals surface area contributed by atoms with Crippen LogP contribution in [0.5, 0.6) is 5.75 Å². The Morgan fingerprint density at radius 3 is 2.59 bits per heavy atom. The lowest BCUT2D eigenvalue weighted by atomic mass is 9.73. The molecular weight excluding hydrogens is 354 g/mol. The van der Waals surface area contributed by atoms with E-state index in [4.69, 9.17) is 4.74 Å². The highest BCUT2D eigenvalue weighted by atomic mass is 19.1. The molecule has 1 aromatic heterocycles. The van der Waals surface area contributed by atoms with Crippen molar-refractivity contribution in [3.63, 3.8) is 0 Å². The van der Waals surface area contributed by atoms with E-state index in [-0.39, 0.29) is 23.1 Å². The molecule has 2 saturated heterocycles. The van der Waals surface area contributed by atoms with Crippen LogP contribution >= 0.6 is 0 Å². The maximum absolute atomic E-state index is 13.4. The van der Waals surface area contributed by atoms with Crippen molar-refractivity contribution in [2.45, 2.75) is 0 Å². The summed E-state index contributed by atoms with van der Waals surface area (Å²) in [5.74, 6) is 0.438. The third-order valence-corrected chi connectivity index (χ3v) is 5.43. The molecule has 6 nitrogen and oxygen atoms in total. The number of urea groups is 1. The van der Waals surface area contributed by atoms with Crippen LogP contribution in [0.3, 0.4) is 0 Å². The molecule has 1 spiro atoms. The number of fused-ring (bicyclic) bond motifs is 1. The molecule has 2 aromatic rings. The summed E-state index contributed by atoms with van der Waals surface area (Å²) in [5, 5.41) is 0. The Bertz CT molecular complexity index is 891. The molecule has 0 aliphatic carbocycles. The molecule has 0 unspecified atom stereocenters. The fraction of sp³-hybridized carbons (Fsp3) is 0.368. The zero-order valence-corrected chi connectivity index (χ0v) is 14.6. The maximum Gasteiger partial charge on any atom is 0.324 e. The Morgan fingerprint density at radius 1 is 1.07 bits per heavy atom. The van der Waals surface area contributed by atoms with Crippen molar-refractivity contribution in [2.75, 3.05) is 49.1 Å². The highest BCUT2D eigenvalue weighted by Crippen LogP contribution is 2.42. The summed E-state index contributed by atoms with van der Waals surface area (Å²) in [7, 11) is 0. The molecule has 4 heterocycles. The van der Waals surface area contributed by atoms with Crippen molar-refractivity contribution < 1.29 is 18.3 Å². The second-order valence-corrected chi connectivity index (χ2v) is 7.44. The molecule has 2 amide bonds. The van der Waals surface area contributed by atoms with Crippen molar-refractivity contribution in [3.05, 3.63) is 48.2 Å². The normalized spacial score (nSPS) is 19.9. The molecule has 140 valence electrons. The van der Waals surface area contributed by atoms with Crippen LogP contribution in [0, 0.1) is 17.0 Å². The number of pyridine rings is 1. The molecular formula is C19H18F2N4O2. The SMILES string of the molecule is O=C(N1CC2(C1)CN(c1ccc(F)cn1)C2)N1CCOc2cc(F)ccc21. The number of halogens is 2. The second kappa shape index (κ2) is 5.80. The highest BCUT2D eigenvalue weighted by molar-refractivity contribution is 5.94. The third kappa shape index (κ3) is 2.67. The van der Waals surface area contributed by atoms with Gasteiger partial charge in [0, 0.05) is 37.7 Å². The van der Waals surface area contributed by atoms with Crippen LogP contribution in [0.4, 0.5) is 25.1 Å². The van der Waals surface area contributed by atoms with E-state index < -0.39 is 0 Å². The Labute approximate surface area is 154 Å². The van der Waals surface area contributed by atoms with Gasteiger partial charge in [-0.05, 0) is 24.3 Å². The molecule has 0 saturated carbocycles. The topological polar surface area (TPSA) is 48.9 Å². The average Bonchev–Trinajstić information content (AvgIpc) is 2.59. The fourth-order valence-electron chi connectivity index (χ4n) is 4.14. The zero-order chi connectivity index (χ0) is 18.6. The summed E-state index contributed by atoms with van der Waals surface area (Å²) >= 11 is 0. The Hall–Kier alpha value is -2.90. The van der Waals surface area contributed by atoms with Gasteiger partial charge < -0.3 is 14.5 Å². The molecule has 0 bridgehead atoms. The molecule has 2 fully saturated rings. The first-order chi connectivity index (χ1) is 13.0. The van der Waals surface area contributed by atoms with Gasteiger partial charge in [0.05, 0.1) is 18.4 Å². The van der Waals surface area contributed by atoms with Crippen LogP contribution in [0.2, 0.25) is 0 Å². The molecule has 8 heteroatoms. The van der Waals surface area contributed by atoms with Gasteiger partial charge in [-0.3, -0.25) is 4.90 Å². The van der Waals surface area contributed by atoms with Crippen molar-refractivity contribution in [1.29, 1.82) is 0 Å². The second-order valence-electron chi connectivity index (χ2n) is 7.44. The summed E-state index contributed by atoms with van der Waals surface area (Å²) in [4.78, 5) is 22.5. The van der Waals surface area contributed by atoms with E-state index >= 15 is 0 Å². The van der Waals surface area contributed by atoms with Crippen LogP contribution in [-0.4, -0.2) is 55.2 Å². The Kier molecular flexibility index (Phi) is 3.50. The molecule has 0 radical (unpaired) electrons. The zero-order valence-electron chi connectivity index (χ0n) is 14.6. The van der Waals surface area contributed by atoms with Crippen molar-refractivity contribution in [3.8, 4) is 5.75 Å². The minimum atomic E-state index is -0.380. The monoisotopic (exact) mass is 372 g/mol. The Balaban J connectivity index is 1.22. The van der Waals surface area contributed by atoms with Crippen LogP contribution in [0.1, 0.15) is 0 Å². The number of hydrogen-bond acceptors (Lipinski definition) is 4. The number of rotatable bonds is 1. The van der Waals surface area contributed by atoms with Gasteiger partial charge >= 0.3 is 6.03 Å². The lowest BCUT2D eigenvalue weighted by molar-refractivity contribution is 0.00927. The van der Waals surface area contributed by atoms with E-state index in [1.165, 1.54) is 24.4 Å². The van der Waals surface area contributed by atoms with E-state index in [2.05, 4.69) is 9.88 Å². The van der Waals surface area contributed by atoms with Crippen molar-refractivity contribution in [2.24, 2.45) is 5.41 Å². The summed E-state index contributed by atoms with van der Waals surface area (Å²) in [6.45, 7) is 3.77. The third-order valence-electron chi connectivity index (χ3n) is 5.43. The van der Waals surface area contributed by atoms with Crippen LogP contribution < -0.4 is 14.5 Å². The van der Waals surface area contributed by atoms with Crippen molar-refractivity contribution >= 4 is 17.5 Å². The molecule has 1 aromatic carbocycles. The molecule has 3 aliphatic heterocycles. The van der Waals surface area contributed by atoms with Gasteiger partial charge in [-0.15, -0.1) is 0 Å². The van der Waals surface area contributed by atoms with Gasteiger partial charge in [-0.2, -0.15) is 0 Å². The number of benzene rings is 1. The number of likely N-dealkylation sites (tertiary alicyclic amines) is 1. The standard InChI is InChI=1S/C19H18F2N4O2/c20-13-1-3-15-16(7-13)27-6-5-25(15)18(26)24-11-19(12-24)9-23(10-19)17-4-2-14(21)8-22-17/h1-4,7-8H,5-6,9-12H2. The maximum atomic E-state index is 13.4. The van der Waals surface area contributed by atoms with Crippen LogP contribution in [0.15, 0.2) is 36.5 Å². The average molecular weight is 372 g/mol. The molecule has 27 heavy (non-hydrogen) atoms. The first kappa shape index (κ1) is 16.3. The van der Waals surface area contributed by atoms with Gasteiger partial charge in [0.2, 0.25) is 0 Å². The summed E-state index contributed by atoms with van der Waals surface area (Å²) in [5.41, 5.74) is 0.697. The van der Waals surface area contributed by atoms with E-state index in [9.17, 15) is 13.6 Å². The Morgan fingerprint density at radius 2 is 1.85 bits per heavy atom. The predicted molar refractivity (Wildman–Crippen MR) is 95.1 cm³/mol. The van der Waals surface area contributed by atoms with E-state index in [1.54, 1.807) is 17.0 Å². The molecule has 0 N–H and O–H groups in total. The van der Waals surface area contributed by atoms with Gasteiger partial charge in [0.15, 0.2) is 0 Å². The number of amides is 2. The molecule has 5 rings (SSSR count). The largest absolute Gasteiger partial charge is 0.489 e. The number of hydrogen-bond donors (Lipinski definition) is 0. The lowest BCUT2D eigenvalue weighted by Crippen LogP contribution is -2.74. The molecule has 3 aliphatic rings. The van der Waals surface area contributed by atoms with Crippen LogP contribution in [-0.2, 0) is 0 Å². The van der Waals surface area contributed by atoms with Gasteiger partial charge in [0.1, 0.15) is 29.8 Å². The van der Waals surface area contributed by atoms with Gasteiger partial charge in [-0.1, -0.05) is 0 Å². The van der Waals surface area contributed by atoms with Gasteiger partial charge in [0.25, 0.3) is 0 Å². The lowest BCUT2D eigenvalue weighted by Gasteiger charge is -2.60. The number of nitrogens with zero attached hydrogens (tertiary/aromatic N) is 4. The summed E-state index contributed by atoms with van der Waals surface area (Å²) in [6.07, 6.45) is 1.22. The van der Waals surface area contributed by atoms with E-state index in [0.29, 0.717) is 37.7 Å². The fourth-order valence-corrected chi connectivity index (χ4v) is 4.14. The van der Waals surface area contributed by atoms with E-state index in [1.807, 2.05) is 4.90 Å². The number of carbonyl (C=O) groups is 1. The highest BCUT2D eigenvalue weighted by Gasteiger charge is 2.54. The number of carbonyl (C=O) groups excluding carboxylic acids is 1. The first-order valence-corrected chi connectivity index (χ1v) is 8.88. The number of anilines is 2. The minimum Gasteiger partial charge on any atom is -0.489 e. The number of aromatic nitrogens is 1. The first-order valence-electron chi connectivity index (χ1n) is 8.88.